The standard InChI is InChI=1S/C17H7Cl2F8N.C13H9Cl2F3N2.C3HF5O2/c18-8-1-2-9(11(5-8)16(22,23)24)10-3-7-4-14(15(20,21)17(25,26)27)28-13(7)6-12(10)19;14-6-1-2-7(9(3-6)13(16,17)18)8-4-11(19)12(20)5-10(8)15;4-2(5,1(9)10)3(6,7)8/h1-3,5-6H,4H2;1-5H,19-20H2;(H,9,10). The monoisotopic (exact) mass is 931 g/mol. The Morgan fingerprint density at radius 1 is 0.569 bits per heavy atom. The number of nitrogens with two attached hydrogens (primary N) is 2. The Bertz CT molecular complexity index is 2240. The molecule has 0 radical (unpaired) electrons. The highest BCUT2D eigenvalue weighted by Crippen LogP contribution is 2.47. The van der Waals surface area contributed by atoms with Gasteiger partial charge in [0.05, 0.1) is 38.2 Å². The summed E-state index contributed by atoms with van der Waals surface area (Å²) in [6.07, 6.45) is -22.1. The zero-order valence-corrected chi connectivity index (χ0v) is 30.5. The molecule has 0 saturated carbocycles. The first-order chi connectivity index (χ1) is 26.1. The van der Waals surface area contributed by atoms with E-state index in [1.807, 2.05) is 0 Å². The lowest BCUT2D eigenvalue weighted by atomic mass is 9.95. The van der Waals surface area contributed by atoms with Crippen LogP contribution in [0.1, 0.15) is 16.7 Å². The number of nitrogens with zero attached hydrogens (tertiary/aromatic N) is 1. The highest BCUT2D eigenvalue weighted by Gasteiger charge is 2.64. The molecule has 5 rings (SSSR count). The molecule has 0 spiro atoms. The molecule has 316 valence electrons. The second-order valence-electron chi connectivity index (χ2n) is 11.5. The molecule has 0 saturated heterocycles. The van der Waals surface area contributed by atoms with E-state index in [4.69, 9.17) is 63.0 Å². The number of carboxylic acid groups (broad SMARTS) is 1. The molecule has 0 atom stereocenters. The van der Waals surface area contributed by atoms with Crippen LogP contribution < -0.4 is 11.5 Å². The topological polar surface area (TPSA) is 102 Å². The minimum absolute atomic E-state index is 0.0133. The first-order valence-corrected chi connectivity index (χ1v) is 16.2. The summed E-state index contributed by atoms with van der Waals surface area (Å²) in [5.74, 6) is -14.0. The van der Waals surface area contributed by atoms with Crippen molar-refractivity contribution in [2.75, 3.05) is 11.5 Å². The minimum atomic E-state index is -6.02. The average Bonchev–Trinajstić information content (AvgIpc) is 3.48. The first kappa shape index (κ1) is 48.0. The van der Waals surface area contributed by atoms with E-state index in [1.54, 1.807) is 0 Å². The third kappa shape index (κ3) is 10.6. The predicted octanol–water partition coefficient (Wildman–Crippen LogP) is 13.6. The van der Waals surface area contributed by atoms with Crippen LogP contribution in [0.2, 0.25) is 20.1 Å². The number of aliphatic imine (C=N–C) groups is 1. The van der Waals surface area contributed by atoms with Gasteiger partial charge in [0.25, 0.3) is 0 Å². The number of nitrogen functional groups attached to an aromatic ring is 2. The zero-order chi connectivity index (χ0) is 44.7. The molecule has 1 aliphatic rings. The average molecular weight is 933 g/mol. The third-order valence-electron chi connectivity index (χ3n) is 7.45. The molecule has 58 heavy (non-hydrogen) atoms. The minimum Gasteiger partial charge on any atom is -0.477 e. The SMILES string of the molecule is FC(F)(F)c1cc(Cl)ccc1-c1cc2c(cc1Cl)N=C(C(F)(F)C(F)(F)F)C2.Nc1cc(Cl)c(-c2ccc(Cl)cc2C(F)(F)F)cc1N.O=C(O)C(F)(F)C(F)(F)F. The number of halogens is 20. The number of carbonyl (C=O) groups is 1. The molecule has 0 aromatic heterocycles. The Morgan fingerprint density at radius 2 is 0.983 bits per heavy atom. The summed E-state index contributed by atoms with van der Waals surface area (Å²) < 4.78 is 199. The highest BCUT2D eigenvalue weighted by atomic mass is 35.5. The van der Waals surface area contributed by atoms with Gasteiger partial charge in [0, 0.05) is 27.6 Å². The fourth-order valence-corrected chi connectivity index (χ4v) is 5.55. The molecule has 25 heteroatoms. The van der Waals surface area contributed by atoms with Crippen LogP contribution in [0.15, 0.2) is 65.7 Å². The lowest BCUT2D eigenvalue weighted by Gasteiger charge is -2.19. The Kier molecular flexibility index (Phi) is 13.9. The summed E-state index contributed by atoms with van der Waals surface area (Å²) in [6, 6.07) is 11.0. The van der Waals surface area contributed by atoms with Crippen molar-refractivity contribution < 1.29 is 80.1 Å². The van der Waals surface area contributed by atoms with Crippen LogP contribution in [0.3, 0.4) is 0 Å². The number of benzene rings is 4. The van der Waals surface area contributed by atoms with Gasteiger partial charge in [0.1, 0.15) is 5.71 Å². The normalized spacial score (nSPS) is 13.5. The third-order valence-corrected chi connectivity index (χ3v) is 8.55. The zero-order valence-electron chi connectivity index (χ0n) is 27.5. The number of fused-ring (bicyclic) bond motifs is 1. The second kappa shape index (κ2) is 16.7. The van der Waals surface area contributed by atoms with Crippen molar-refractivity contribution in [1.29, 1.82) is 0 Å². The van der Waals surface area contributed by atoms with E-state index in [1.165, 1.54) is 30.3 Å². The molecule has 0 unspecified atom stereocenters. The van der Waals surface area contributed by atoms with E-state index in [2.05, 4.69) is 4.99 Å². The molecule has 1 aliphatic heterocycles. The van der Waals surface area contributed by atoms with Gasteiger partial charge in [-0.05, 0) is 65.2 Å². The van der Waals surface area contributed by atoms with Crippen molar-refractivity contribution in [3.63, 3.8) is 0 Å². The summed E-state index contributed by atoms with van der Waals surface area (Å²) in [4.78, 5) is 12.5. The van der Waals surface area contributed by atoms with E-state index >= 15 is 0 Å². The molecule has 0 bridgehead atoms. The second-order valence-corrected chi connectivity index (χ2v) is 13.2. The van der Waals surface area contributed by atoms with Crippen LogP contribution in [0, 0.1) is 0 Å². The molecular formula is C33H17Cl4F16N3O2. The van der Waals surface area contributed by atoms with Crippen LogP contribution in [0.4, 0.5) is 87.3 Å². The van der Waals surface area contributed by atoms with E-state index in [0.29, 0.717) is 6.07 Å². The van der Waals surface area contributed by atoms with Crippen LogP contribution in [0.5, 0.6) is 0 Å². The Balaban J connectivity index is 0.000000261. The van der Waals surface area contributed by atoms with Gasteiger partial charge in [-0.15, -0.1) is 0 Å². The number of anilines is 2. The molecule has 4 aromatic rings. The Morgan fingerprint density at radius 3 is 1.36 bits per heavy atom. The smallest absolute Gasteiger partial charge is 0.465 e. The van der Waals surface area contributed by atoms with Gasteiger partial charge in [-0.2, -0.15) is 70.2 Å². The summed E-state index contributed by atoms with van der Waals surface area (Å²) in [6.45, 7) is 0. The van der Waals surface area contributed by atoms with Crippen molar-refractivity contribution in [3.8, 4) is 22.3 Å². The fourth-order valence-electron chi connectivity index (χ4n) is 4.67. The number of hydrogen-bond acceptors (Lipinski definition) is 4. The molecule has 0 aliphatic carbocycles. The van der Waals surface area contributed by atoms with Crippen LogP contribution in [0.25, 0.3) is 22.3 Å². The van der Waals surface area contributed by atoms with Gasteiger partial charge in [-0.1, -0.05) is 58.5 Å². The Hall–Kier alpha value is -4.34. The van der Waals surface area contributed by atoms with Crippen molar-refractivity contribution in [1.82, 2.24) is 0 Å². The quantitative estimate of drug-likeness (QED) is 0.140. The molecular weight excluding hydrogens is 916 g/mol. The maximum Gasteiger partial charge on any atom is 0.465 e. The van der Waals surface area contributed by atoms with Gasteiger partial charge in [-0.3, -0.25) is 4.99 Å². The maximum absolute atomic E-state index is 13.5. The predicted molar refractivity (Wildman–Crippen MR) is 183 cm³/mol. The van der Waals surface area contributed by atoms with Crippen molar-refractivity contribution in [2.24, 2.45) is 4.99 Å². The molecule has 4 aromatic carbocycles. The van der Waals surface area contributed by atoms with E-state index in [9.17, 15) is 75.0 Å². The molecule has 0 fully saturated rings. The lowest BCUT2D eigenvalue weighted by molar-refractivity contribution is -0.277. The van der Waals surface area contributed by atoms with Crippen LogP contribution in [-0.2, 0) is 23.6 Å². The summed E-state index contributed by atoms with van der Waals surface area (Å²) >= 11 is 23.2. The van der Waals surface area contributed by atoms with Gasteiger partial charge in [-0.25, -0.2) is 4.79 Å². The molecule has 0 amide bonds. The largest absolute Gasteiger partial charge is 0.477 e. The number of carboxylic acids is 1. The Labute approximate surface area is 333 Å². The van der Waals surface area contributed by atoms with Crippen LogP contribution >= 0.6 is 46.4 Å². The van der Waals surface area contributed by atoms with Gasteiger partial charge in [0.2, 0.25) is 0 Å². The number of aliphatic carboxylic acids is 1. The molecule has 1 heterocycles. The van der Waals surface area contributed by atoms with E-state index in [0.717, 1.165) is 24.3 Å². The molecule has 5 nitrogen and oxygen atoms in total. The maximum atomic E-state index is 13.5. The van der Waals surface area contributed by atoms with E-state index < -0.39 is 65.8 Å². The highest BCUT2D eigenvalue weighted by molar-refractivity contribution is 6.34. The summed E-state index contributed by atoms with van der Waals surface area (Å²) in [5, 5.41) is 6.90. The van der Waals surface area contributed by atoms with Crippen molar-refractivity contribution in [2.45, 2.75) is 43.0 Å². The number of alkyl halides is 16. The fraction of sp³-hybridized carbons (Fsp3) is 0.212. The number of rotatable bonds is 4. The van der Waals surface area contributed by atoms with Crippen molar-refractivity contribution in [3.05, 3.63) is 97.4 Å². The number of hydrogen-bond donors (Lipinski definition) is 3. The lowest BCUT2D eigenvalue weighted by Crippen LogP contribution is -2.44. The van der Waals surface area contributed by atoms with Crippen molar-refractivity contribution >= 4 is 75.1 Å². The van der Waals surface area contributed by atoms with E-state index in [-0.39, 0.29) is 65.0 Å². The first-order valence-electron chi connectivity index (χ1n) is 14.7. The van der Waals surface area contributed by atoms with Crippen LogP contribution in [-0.4, -0.2) is 41.0 Å². The van der Waals surface area contributed by atoms with Gasteiger partial charge < -0.3 is 16.6 Å². The summed E-state index contributed by atoms with van der Waals surface area (Å²) in [7, 11) is 0. The summed E-state index contributed by atoms with van der Waals surface area (Å²) in [5.41, 5.74) is 7.24. The molecule has 5 N–H and O–H groups in total. The van der Waals surface area contributed by atoms with Gasteiger partial charge in [0.15, 0.2) is 0 Å². The van der Waals surface area contributed by atoms with Gasteiger partial charge >= 0.3 is 42.5 Å².